The highest BCUT2D eigenvalue weighted by atomic mass is 15.1. The van der Waals surface area contributed by atoms with Crippen molar-refractivity contribution in [1.29, 1.82) is 0 Å². The van der Waals surface area contributed by atoms with E-state index in [2.05, 4.69) is 38.6 Å². The molecule has 0 bridgehead atoms. The highest BCUT2D eigenvalue weighted by Crippen LogP contribution is 2.27. The number of aryl methyl sites for hydroxylation is 1. The van der Waals surface area contributed by atoms with E-state index in [4.69, 9.17) is 0 Å². The highest BCUT2D eigenvalue weighted by Gasteiger charge is 2.19. The first-order valence-corrected chi connectivity index (χ1v) is 8.51. The van der Waals surface area contributed by atoms with Crippen LogP contribution in [0.1, 0.15) is 54.9 Å². The molecule has 3 heterocycles. The second-order valence-electron chi connectivity index (χ2n) is 6.10. The van der Waals surface area contributed by atoms with Gasteiger partial charge in [-0.25, -0.2) is 9.97 Å². The molecule has 0 spiro atoms. The third kappa shape index (κ3) is 3.85. The van der Waals surface area contributed by atoms with E-state index in [1.165, 1.54) is 24.0 Å². The Balaban J connectivity index is 1.89. The van der Waals surface area contributed by atoms with E-state index >= 15 is 0 Å². The highest BCUT2D eigenvalue weighted by molar-refractivity contribution is 5.49. The Morgan fingerprint density at radius 2 is 2.26 bits per heavy atom. The van der Waals surface area contributed by atoms with E-state index < -0.39 is 0 Å². The quantitative estimate of drug-likeness (QED) is 0.858. The Bertz CT molecular complexity index is 641. The smallest absolute Gasteiger partial charge is 0.133 e. The molecular formula is C18H25N5. The van der Waals surface area contributed by atoms with Crippen LogP contribution in [0.4, 0.5) is 5.82 Å². The number of anilines is 1. The zero-order valence-electron chi connectivity index (χ0n) is 14.0. The molecule has 3 rings (SSSR count). The first-order valence-electron chi connectivity index (χ1n) is 8.51. The largest absolute Gasteiger partial charge is 0.363 e. The zero-order chi connectivity index (χ0) is 16.1. The van der Waals surface area contributed by atoms with E-state index in [0.717, 1.165) is 43.3 Å². The van der Waals surface area contributed by atoms with Crippen molar-refractivity contribution in [1.82, 2.24) is 20.3 Å². The van der Waals surface area contributed by atoms with Gasteiger partial charge in [0.2, 0.25) is 0 Å². The minimum absolute atomic E-state index is 0.247. The summed E-state index contributed by atoms with van der Waals surface area (Å²) in [6, 6.07) is 4.39. The number of hydrogen-bond acceptors (Lipinski definition) is 5. The van der Waals surface area contributed by atoms with Crippen LogP contribution >= 0.6 is 0 Å². The fraction of sp³-hybridized carbons (Fsp3) is 0.500. The van der Waals surface area contributed by atoms with Crippen molar-refractivity contribution in [3.8, 4) is 0 Å². The Labute approximate surface area is 138 Å². The van der Waals surface area contributed by atoms with E-state index in [-0.39, 0.29) is 6.04 Å². The molecule has 1 aliphatic rings. The Hall–Kier alpha value is -2.01. The second-order valence-corrected chi connectivity index (χ2v) is 6.10. The van der Waals surface area contributed by atoms with E-state index in [1.54, 1.807) is 0 Å². The molecule has 1 unspecified atom stereocenters. The van der Waals surface area contributed by atoms with Crippen molar-refractivity contribution >= 4 is 5.82 Å². The summed E-state index contributed by atoms with van der Waals surface area (Å²) in [5, 5.41) is 7.07. The lowest BCUT2D eigenvalue weighted by Gasteiger charge is -2.24. The SMILES string of the molecule is CCCCC(Nc1nc(C)nc2c1CCNC2)c1cccnc1. The number of unbranched alkanes of at least 4 members (excludes halogenated alkanes) is 1. The van der Waals surface area contributed by atoms with Crippen LogP contribution in [-0.4, -0.2) is 21.5 Å². The second kappa shape index (κ2) is 7.51. The summed E-state index contributed by atoms with van der Waals surface area (Å²) in [6.07, 6.45) is 8.20. The van der Waals surface area contributed by atoms with Gasteiger partial charge in [0.05, 0.1) is 11.7 Å². The third-order valence-corrected chi connectivity index (χ3v) is 4.29. The van der Waals surface area contributed by atoms with Crippen LogP contribution in [0, 0.1) is 6.92 Å². The summed E-state index contributed by atoms with van der Waals surface area (Å²) in [5.74, 6) is 1.83. The monoisotopic (exact) mass is 311 g/mol. The molecule has 0 saturated heterocycles. The number of fused-ring (bicyclic) bond motifs is 1. The van der Waals surface area contributed by atoms with Crippen molar-refractivity contribution in [3.05, 3.63) is 47.2 Å². The topological polar surface area (TPSA) is 62.7 Å². The van der Waals surface area contributed by atoms with E-state index in [1.807, 2.05) is 25.4 Å². The maximum absolute atomic E-state index is 4.69. The van der Waals surface area contributed by atoms with Gasteiger partial charge in [-0.15, -0.1) is 0 Å². The predicted molar refractivity (Wildman–Crippen MR) is 92.3 cm³/mol. The van der Waals surface area contributed by atoms with Gasteiger partial charge in [-0.2, -0.15) is 0 Å². The van der Waals surface area contributed by atoms with Gasteiger partial charge in [-0.1, -0.05) is 25.8 Å². The van der Waals surface area contributed by atoms with Gasteiger partial charge in [-0.3, -0.25) is 4.98 Å². The summed E-state index contributed by atoms with van der Waals surface area (Å²) >= 11 is 0. The van der Waals surface area contributed by atoms with Crippen molar-refractivity contribution in [2.75, 3.05) is 11.9 Å². The summed E-state index contributed by atoms with van der Waals surface area (Å²) < 4.78 is 0. The molecule has 0 aromatic carbocycles. The maximum atomic E-state index is 4.69. The maximum Gasteiger partial charge on any atom is 0.133 e. The minimum Gasteiger partial charge on any atom is -0.363 e. The lowest BCUT2D eigenvalue weighted by Crippen LogP contribution is -2.27. The number of rotatable bonds is 6. The number of pyridine rings is 1. The van der Waals surface area contributed by atoms with Crippen molar-refractivity contribution in [2.24, 2.45) is 0 Å². The molecule has 122 valence electrons. The Morgan fingerprint density at radius 1 is 1.35 bits per heavy atom. The Morgan fingerprint density at radius 3 is 3.04 bits per heavy atom. The van der Waals surface area contributed by atoms with Crippen molar-refractivity contribution < 1.29 is 0 Å². The predicted octanol–water partition coefficient (Wildman–Crippen LogP) is 3.17. The first kappa shape index (κ1) is 15.9. The standard InChI is InChI=1S/C18H25N5/c1-3-4-7-16(14-6-5-9-19-11-14)23-18-15-8-10-20-12-17(15)21-13(2)22-18/h5-6,9,11,16,20H,3-4,7-8,10,12H2,1-2H3,(H,21,22,23). The molecule has 0 aliphatic carbocycles. The van der Waals surface area contributed by atoms with Gasteiger partial charge in [0.25, 0.3) is 0 Å². The molecule has 0 saturated carbocycles. The minimum atomic E-state index is 0.247. The van der Waals surface area contributed by atoms with Gasteiger partial charge in [0, 0.05) is 24.5 Å². The zero-order valence-corrected chi connectivity index (χ0v) is 14.0. The summed E-state index contributed by atoms with van der Waals surface area (Å²) in [5.41, 5.74) is 3.62. The van der Waals surface area contributed by atoms with Crippen LogP contribution in [0.5, 0.6) is 0 Å². The van der Waals surface area contributed by atoms with Crippen LogP contribution in [0.15, 0.2) is 24.5 Å². The normalized spacial score (nSPS) is 15.0. The van der Waals surface area contributed by atoms with Crippen LogP contribution in [0.25, 0.3) is 0 Å². The summed E-state index contributed by atoms with van der Waals surface area (Å²) in [4.78, 5) is 13.6. The van der Waals surface area contributed by atoms with Crippen molar-refractivity contribution in [3.63, 3.8) is 0 Å². The van der Waals surface area contributed by atoms with Gasteiger partial charge >= 0.3 is 0 Å². The van der Waals surface area contributed by atoms with Crippen LogP contribution < -0.4 is 10.6 Å². The van der Waals surface area contributed by atoms with Gasteiger partial charge in [0.1, 0.15) is 11.6 Å². The summed E-state index contributed by atoms with van der Waals surface area (Å²) in [7, 11) is 0. The van der Waals surface area contributed by atoms with Gasteiger partial charge in [0.15, 0.2) is 0 Å². The lowest BCUT2D eigenvalue weighted by atomic mass is 10.0. The fourth-order valence-electron chi connectivity index (χ4n) is 3.08. The summed E-state index contributed by atoms with van der Waals surface area (Å²) in [6.45, 7) is 6.01. The van der Waals surface area contributed by atoms with Gasteiger partial charge < -0.3 is 10.6 Å². The number of hydrogen-bond donors (Lipinski definition) is 2. The number of nitrogens with one attached hydrogen (secondary N) is 2. The van der Waals surface area contributed by atoms with Crippen molar-refractivity contribution in [2.45, 2.75) is 52.1 Å². The van der Waals surface area contributed by atoms with Crippen LogP contribution in [-0.2, 0) is 13.0 Å². The Kier molecular flexibility index (Phi) is 5.18. The lowest BCUT2D eigenvalue weighted by molar-refractivity contribution is 0.608. The molecule has 1 atom stereocenters. The molecule has 23 heavy (non-hydrogen) atoms. The molecule has 2 N–H and O–H groups in total. The van der Waals surface area contributed by atoms with E-state index in [9.17, 15) is 0 Å². The fourth-order valence-corrected chi connectivity index (χ4v) is 3.08. The average molecular weight is 311 g/mol. The molecule has 5 heteroatoms. The molecule has 2 aromatic rings. The molecule has 2 aromatic heterocycles. The molecule has 5 nitrogen and oxygen atoms in total. The van der Waals surface area contributed by atoms with Crippen LogP contribution in [0.2, 0.25) is 0 Å². The first-order chi connectivity index (χ1) is 11.3. The molecule has 0 radical (unpaired) electrons. The molecule has 0 amide bonds. The molecular weight excluding hydrogens is 286 g/mol. The third-order valence-electron chi connectivity index (χ3n) is 4.29. The van der Waals surface area contributed by atoms with Crippen LogP contribution in [0.3, 0.4) is 0 Å². The molecule has 1 aliphatic heterocycles. The number of aromatic nitrogens is 3. The molecule has 0 fully saturated rings. The average Bonchev–Trinajstić information content (AvgIpc) is 2.59. The van der Waals surface area contributed by atoms with Gasteiger partial charge in [-0.05, 0) is 37.9 Å². The number of nitrogens with zero attached hydrogens (tertiary/aromatic N) is 3. The van der Waals surface area contributed by atoms with E-state index in [0.29, 0.717) is 0 Å².